The van der Waals surface area contributed by atoms with E-state index in [4.69, 9.17) is 10.5 Å². The predicted octanol–water partition coefficient (Wildman–Crippen LogP) is 1.19. The highest BCUT2D eigenvalue weighted by Gasteiger charge is 2.39. The van der Waals surface area contributed by atoms with Gasteiger partial charge in [0.2, 0.25) is 5.91 Å². The van der Waals surface area contributed by atoms with Crippen molar-refractivity contribution in [3.8, 4) is 0 Å². The van der Waals surface area contributed by atoms with E-state index in [-0.39, 0.29) is 17.4 Å². The number of carbonyl (C=O) groups is 1. The Balaban J connectivity index is 1.79. The molecule has 98 valence electrons. The molecule has 4 heteroatoms. The third-order valence-corrected chi connectivity index (χ3v) is 4.20. The van der Waals surface area contributed by atoms with Gasteiger partial charge in [-0.15, -0.1) is 0 Å². The number of hydrogen-bond donors (Lipinski definition) is 2. The summed E-state index contributed by atoms with van der Waals surface area (Å²) in [5, 5.41) is 3.04. The first-order valence-electron chi connectivity index (χ1n) is 6.87. The lowest BCUT2D eigenvalue weighted by atomic mass is 9.85. The van der Waals surface area contributed by atoms with Crippen LogP contribution in [0.1, 0.15) is 44.9 Å². The van der Waals surface area contributed by atoms with Crippen molar-refractivity contribution in [2.75, 3.05) is 19.7 Å². The van der Waals surface area contributed by atoms with Gasteiger partial charge in [0.1, 0.15) is 0 Å². The molecule has 1 saturated heterocycles. The molecule has 1 heterocycles. The smallest absolute Gasteiger partial charge is 0.227 e. The highest BCUT2D eigenvalue weighted by atomic mass is 16.5. The van der Waals surface area contributed by atoms with E-state index in [0.717, 1.165) is 45.1 Å². The molecule has 1 aliphatic heterocycles. The number of amides is 1. The molecule has 1 unspecified atom stereocenters. The van der Waals surface area contributed by atoms with E-state index < -0.39 is 0 Å². The van der Waals surface area contributed by atoms with Gasteiger partial charge in [-0.2, -0.15) is 0 Å². The second kappa shape index (κ2) is 5.83. The van der Waals surface area contributed by atoms with Gasteiger partial charge in [0.25, 0.3) is 0 Å². The zero-order valence-corrected chi connectivity index (χ0v) is 10.5. The largest absolute Gasteiger partial charge is 0.376 e. The minimum Gasteiger partial charge on any atom is -0.376 e. The number of carbonyl (C=O) groups excluding carboxylic acids is 1. The van der Waals surface area contributed by atoms with Crippen molar-refractivity contribution in [3.63, 3.8) is 0 Å². The Morgan fingerprint density at radius 1 is 1.29 bits per heavy atom. The maximum Gasteiger partial charge on any atom is 0.227 e. The molecule has 3 N–H and O–H groups in total. The molecule has 0 spiro atoms. The van der Waals surface area contributed by atoms with E-state index in [1.807, 2.05) is 0 Å². The lowest BCUT2D eigenvalue weighted by Crippen LogP contribution is -2.47. The maximum atomic E-state index is 12.2. The van der Waals surface area contributed by atoms with Crippen molar-refractivity contribution in [3.05, 3.63) is 0 Å². The second-order valence-electron chi connectivity index (χ2n) is 5.39. The molecule has 0 bridgehead atoms. The average Bonchev–Trinajstić information content (AvgIpc) is 2.87. The molecule has 17 heavy (non-hydrogen) atoms. The summed E-state index contributed by atoms with van der Waals surface area (Å²) in [7, 11) is 0. The number of nitrogens with two attached hydrogens (primary N) is 1. The average molecular weight is 240 g/mol. The predicted molar refractivity (Wildman–Crippen MR) is 66.6 cm³/mol. The van der Waals surface area contributed by atoms with Crippen molar-refractivity contribution < 1.29 is 9.53 Å². The zero-order valence-electron chi connectivity index (χ0n) is 10.5. The molecule has 2 fully saturated rings. The first-order valence-corrected chi connectivity index (χ1v) is 6.87. The quantitative estimate of drug-likeness (QED) is 0.776. The molecule has 1 saturated carbocycles. The number of ether oxygens (including phenoxy) is 1. The van der Waals surface area contributed by atoms with Crippen molar-refractivity contribution in [1.82, 2.24) is 5.32 Å². The van der Waals surface area contributed by atoms with Crippen LogP contribution >= 0.6 is 0 Å². The minimum absolute atomic E-state index is 0.145. The van der Waals surface area contributed by atoms with Crippen LogP contribution in [0.5, 0.6) is 0 Å². The van der Waals surface area contributed by atoms with Crippen LogP contribution < -0.4 is 11.1 Å². The summed E-state index contributed by atoms with van der Waals surface area (Å²) in [6, 6.07) is 0. The molecule has 2 rings (SSSR count). The Morgan fingerprint density at radius 2 is 2.06 bits per heavy atom. The SMILES string of the molecule is NCC1(C(=O)NCC2CCCCO2)CCCC1. The topological polar surface area (TPSA) is 64.4 Å². The normalized spacial score (nSPS) is 27.9. The van der Waals surface area contributed by atoms with Crippen molar-refractivity contribution in [1.29, 1.82) is 0 Å². The van der Waals surface area contributed by atoms with Crippen molar-refractivity contribution >= 4 is 5.91 Å². The third kappa shape index (κ3) is 2.99. The standard InChI is InChI=1S/C13H24N2O2/c14-10-13(6-2-3-7-13)12(16)15-9-11-5-1-4-8-17-11/h11H,1-10,14H2,(H,15,16). The Morgan fingerprint density at radius 3 is 2.65 bits per heavy atom. The van der Waals surface area contributed by atoms with Crippen LogP contribution in [0.4, 0.5) is 0 Å². The minimum atomic E-state index is -0.283. The van der Waals surface area contributed by atoms with Crippen LogP contribution in [0.3, 0.4) is 0 Å². The van der Waals surface area contributed by atoms with E-state index in [1.165, 1.54) is 6.42 Å². The maximum absolute atomic E-state index is 12.2. The fraction of sp³-hybridized carbons (Fsp3) is 0.923. The van der Waals surface area contributed by atoms with Crippen LogP contribution in [0.25, 0.3) is 0 Å². The van der Waals surface area contributed by atoms with Crippen molar-refractivity contribution in [2.45, 2.75) is 51.0 Å². The first kappa shape index (κ1) is 12.8. The van der Waals surface area contributed by atoms with E-state index in [1.54, 1.807) is 0 Å². The molecule has 0 aromatic rings. The van der Waals surface area contributed by atoms with Gasteiger partial charge in [-0.25, -0.2) is 0 Å². The van der Waals surface area contributed by atoms with Crippen LogP contribution in [0.2, 0.25) is 0 Å². The first-order chi connectivity index (χ1) is 8.27. The Bertz CT molecular complexity index is 256. The van der Waals surface area contributed by atoms with Crippen LogP contribution in [-0.4, -0.2) is 31.7 Å². The molecule has 4 nitrogen and oxygen atoms in total. The number of nitrogens with one attached hydrogen (secondary N) is 1. The Labute approximate surface area is 103 Å². The molecule has 0 radical (unpaired) electrons. The van der Waals surface area contributed by atoms with E-state index >= 15 is 0 Å². The molecular weight excluding hydrogens is 216 g/mol. The van der Waals surface area contributed by atoms with E-state index in [2.05, 4.69) is 5.32 Å². The van der Waals surface area contributed by atoms with Gasteiger partial charge in [0, 0.05) is 19.7 Å². The zero-order chi connectivity index (χ0) is 12.1. The van der Waals surface area contributed by atoms with Crippen molar-refractivity contribution in [2.24, 2.45) is 11.1 Å². The number of hydrogen-bond acceptors (Lipinski definition) is 3. The number of rotatable bonds is 4. The van der Waals surface area contributed by atoms with Gasteiger partial charge in [0.05, 0.1) is 11.5 Å². The molecule has 1 amide bonds. The fourth-order valence-electron chi connectivity index (χ4n) is 2.94. The van der Waals surface area contributed by atoms with Gasteiger partial charge in [-0.05, 0) is 32.1 Å². The highest BCUT2D eigenvalue weighted by Crippen LogP contribution is 2.37. The third-order valence-electron chi connectivity index (χ3n) is 4.20. The van der Waals surface area contributed by atoms with Crippen LogP contribution in [-0.2, 0) is 9.53 Å². The van der Waals surface area contributed by atoms with E-state index in [0.29, 0.717) is 13.1 Å². The molecule has 1 aliphatic carbocycles. The summed E-state index contributed by atoms with van der Waals surface area (Å²) >= 11 is 0. The molecule has 0 aromatic heterocycles. The van der Waals surface area contributed by atoms with Gasteiger partial charge in [-0.3, -0.25) is 4.79 Å². The summed E-state index contributed by atoms with van der Waals surface area (Å²) < 4.78 is 5.61. The molecule has 1 atom stereocenters. The van der Waals surface area contributed by atoms with Gasteiger partial charge in [-0.1, -0.05) is 12.8 Å². The molecular formula is C13H24N2O2. The lowest BCUT2D eigenvalue weighted by Gasteiger charge is -2.28. The molecule has 0 aromatic carbocycles. The summed E-state index contributed by atoms with van der Waals surface area (Å²) in [5.74, 6) is 0.145. The second-order valence-corrected chi connectivity index (χ2v) is 5.39. The van der Waals surface area contributed by atoms with E-state index in [9.17, 15) is 4.79 Å². The summed E-state index contributed by atoms with van der Waals surface area (Å²) in [5.41, 5.74) is 5.50. The summed E-state index contributed by atoms with van der Waals surface area (Å²) in [4.78, 5) is 12.2. The van der Waals surface area contributed by atoms with Crippen LogP contribution in [0.15, 0.2) is 0 Å². The molecule has 2 aliphatic rings. The van der Waals surface area contributed by atoms with Gasteiger partial charge >= 0.3 is 0 Å². The summed E-state index contributed by atoms with van der Waals surface area (Å²) in [6.07, 6.45) is 7.79. The summed E-state index contributed by atoms with van der Waals surface area (Å²) in [6.45, 7) is 1.97. The highest BCUT2D eigenvalue weighted by molar-refractivity contribution is 5.83. The van der Waals surface area contributed by atoms with Gasteiger partial charge in [0.15, 0.2) is 0 Å². The fourth-order valence-corrected chi connectivity index (χ4v) is 2.94. The van der Waals surface area contributed by atoms with Crippen LogP contribution in [0, 0.1) is 5.41 Å². The Hall–Kier alpha value is -0.610. The van der Waals surface area contributed by atoms with Gasteiger partial charge < -0.3 is 15.8 Å². The lowest BCUT2D eigenvalue weighted by molar-refractivity contribution is -0.131. The monoisotopic (exact) mass is 240 g/mol. The Kier molecular flexibility index (Phi) is 4.40.